The fourth-order valence-corrected chi connectivity index (χ4v) is 2.07. The van der Waals surface area contributed by atoms with E-state index in [0.717, 1.165) is 16.7 Å². The number of allylic oxidation sites excluding steroid dienone is 1. The molecule has 0 amide bonds. The summed E-state index contributed by atoms with van der Waals surface area (Å²) < 4.78 is 10.1. The van der Waals surface area contributed by atoms with Gasteiger partial charge in [-0.1, -0.05) is 30.4 Å². The third kappa shape index (κ3) is 3.98. The molecule has 0 heterocycles. The van der Waals surface area contributed by atoms with Crippen molar-refractivity contribution in [3.63, 3.8) is 0 Å². The molecule has 0 atom stereocenters. The molecule has 1 aromatic carbocycles. The van der Waals surface area contributed by atoms with Crippen LogP contribution in [0.5, 0.6) is 0 Å². The molecule has 1 rings (SSSR count). The Morgan fingerprint density at radius 3 is 2.32 bits per heavy atom. The van der Waals surface area contributed by atoms with Gasteiger partial charge in [0.15, 0.2) is 0 Å². The van der Waals surface area contributed by atoms with Crippen LogP contribution in [0.25, 0.3) is 5.76 Å². The lowest BCUT2D eigenvalue weighted by Gasteiger charge is -2.14. The number of hydrogen-bond acceptors (Lipinski definition) is 3. The van der Waals surface area contributed by atoms with Gasteiger partial charge < -0.3 is 9.47 Å². The van der Waals surface area contributed by atoms with E-state index < -0.39 is 6.16 Å². The van der Waals surface area contributed by atoms with Gasteiger partial charge in [0.2, 0.25) is 0 Å². The highest BCUT2D eigenvalue weighted by molar-refractivity contribution is 5.75. The maximum absolute atomic E-state index is 11.5. The third-order valence-corrected chi connectivity index (χ3v) is 2.70. The predicted octanol–water partition coefficient (Wildman–Crippen LogP) is 4.31. The van der Waals surface area contributed by atoms with Crippen molar-refractivity contribution in [3.05, 3.63) is 53.1 Å². The quantitative estimate of drug-likeness (QED) is 0.459. The number of aryl methyl sites for hydroxylation is 3. The summed E-state index contributed by atoms with van der Waals surface area (Å²) in [5, 5.41) is 0. The zero-order valence-electron chi connectivity index (χ0n) is 11.9. The molecule has 0 unspecified atom stereocenters. The first-order valence-electron chi connectivity index (χ1n) is 6.19. The lowest BCUT2D eigenvalue weighted by molar-refractivity contribution is 0.100. The average molecular weight is 260 g/mol. The number of hydrogen-bond donors (Lipinski definition) is 0. The van der Waals surface area contributed by atoms with Gasteiger partial charge in [-0.15, -0.1) is 0 Å². The number of carbonyl (C=O) groups is 1. The van der Waals surface area contributed by atoms with Gasteiger partial charge in [-0.25, -0.2) is 4.79 Å². The van der Waals surface area contributed by atoms with Crippen molar-refractivity contribution in [2.75, 3.05) is 6.61 Å². The fourth-order valence-electron chi connectivity index (χ4n) is 2.07. The van der Waals surface area contributed by atoms with Crippen LogP contribution in [0, 0.1) is 20.8 Å². The fraction of sp³-hybridized carbons (Fsp3) is 0.312. The minimum Gasteiger partial charge on any atom is -0.430 e. The van der Waals surface area contributed by atoms with Crippen LogP contribution in [0.3, 0.4) is 0 Å². The van der Waals surface area contributed by atoms with Crippen molar-refractivity contribution in [3.8, 4) is 0 Å². The Hall–Kier alpha value is -2.03. The minimum atomic E-state index is -0.715. The van der Waals surface area contributed by atoms with Crippen molar-refractivity contribution in [1.82, 2.24) is 0 Å². The average Bonchev–Trinajstić information content (AvgIpc) is 2.33. The normalized spacial score (nSPS) is 11.1. The van der Waals surface area contributed by atoms with E-state index >= 15 is 0 Å². The molecular weight excluding hydrogens is 240 g/mol. The molecule has 0 bridgehead atoms. The molecule has 0 saturated heterocycles. The zero-order valence-corrected chi connectivity index (χ0v) is 11.9. The highest BCUT2D eigenvalue weighted by Gasteiger charge is 2.14. The van der Waals surface area contributed by atoms with Crippen LogP contribution in [0.15, 0.2) is 30.9 Å². The maximum atomic E-state index is 11.5. The maximum Gasteiger partial charge on any atom is 0.514 e. The second-order valence-corrected chi connectivity index (χ2v) is 4.38. The van der Waals surface area contributed by atoms with Crippen molar-refractivity contribution in [2.45, 2.75) is 27.7 Å². The van der Waals surface area contributed by atoms with Gasteiger partial charge >= 0.3 is 6.16 Å². The summed E-state index contributed by atoms with van der Waals surface area (Å²) in [6.45, 7) is 11.5. The second-order valence-electron chi connectivity index (χ2n) is 4.38. The van der Waals surface area contributed by atoms with Crippen LogP contribution >= 0.6 is 0 Å². The molecule has 19 heavy (non-hydrogen) atoms. The van der Waals surface area contributed by atoms with Crippen LogP contribution in [-0.4, -0.2) is 12.8 Å². The molecule has 102 valence electrons. The number of benzene rings is 1. The first-order valence-corrected chi connectivity index (χ1v) is 6.19. The van der Waals surface area contributed by atoms with E-state index in [1.165, 1.54) is 11.6 Å². The van der Waals surface area contributed by atoms with E-state index in [9.17, 15) is 4.79 Å². The molecule has 0 N–H and O–H groups in total. The van der Waals surface area contributed by atoms with Crippen molar-refractivity contribution < 1.29 is 14.3 Å². The van der Waals surface area contributed by atoms with Gasteiger partial charge in [0, 0.05) is 5.56 Å². The second kappa shape index (κ2) is 6.78. The van der Waals surface area contributed by atoms with Gasteiger partial charge in [-0.05, 0) is 44.9 Å². The third-order valence-electron chi connectivity index (χ3n) is 2.70. The van der Waals surface area contributed by atoms with E-state index in [0.29, 0.717) is 5.76 Å². The molecular formula is C16H20O3. The Morgan fingerprint density at radius 2 is 1.84 bits per heavy atom. The lowest BCUT2D eigenvalue weighted by Crippen LogP contribution is -2.08. The summed E-state index contributed by atoms with van der Waals surface area (Å²) in [4.78, 5) is 11.5. The van der Waals surface area contributed by atoms with Crippen molar-refractivity contribution >= 4 is 11.9 Å². The minimum absolute atomic E-state index is 0.141. The molecule has 1 aromatic rings. The van der Waals surface area contributed by atoms with Crippen LogP contribution < -0.4 is 0 Å². The summed E-state index contributed by atoms with van der Waals surface area (Å²) in [6.07, 6.45) is 2.55. The predicted molar refractivity (Wildman–Crippen MR) is 76.9 cm³/mol. The standard InChI is InChI=1S/C16H20O3/c1-6-8-18-16(17)19-14(7-2)15-12(4)9-11(3)10-13(15)5/h6-7,9-10H,1,8H2,2-5H3/b14-7-. The molecule has 0 aliphatic rings. The number of ether oxygens (including phenoxy) is 2. The Morgan fingerprint density at radius 1 is 1.26 bits per heavy atom. The molecule has 3 heteroatoms. The van der Waals surface area contributed by atoms with E-state index in [1.807, 2.05) is 27.7 Å². The molecule has 0 aliphatic heterocycles. The van der Waals surface area contributed by atoms with Crippen LogP contribution in [0.4, 0.5) is 4.79 Å². The van der Waals surface area contributed by atoms with Crippen molar-refractivity contribution in [1.29, 1.82) is 0 Å². The molecule has 0 aromatic heterocycles. The zero-order chi connectivity index (χ0) is 14.4. The Bertz CT molecular complexity index is 490. The van der Waals surface area contributed by atoms with Gasteiger partial charge in [0.1, 0.15) is 12.4 Å². The first kappa shape index (κ1) is 15.0. The van der Waals surface area contributed by atoms with E-state index in [2.05, 4.69) is 18.7 Å². The first-order chi connectivity index (χ1) is 8.99. The number of carbonyl (C=O) groups excluding carboxylic acids is 1. The molecule has 0 aliphatic carbocycles. The Balaban J connectivity index is 2.99. The van der Waals surface area contributed by atoms with Gasteiger partial charge in [-0.2, -0.15) is 0 Å². The summed E-state index contributed by atoms with van der Waals surface area (Å²) >= 11 is 0. The van der Waals surface area contributed by atoms with Crippen molar-refractivity contribution in [2.24, 2.45) is 0 Å². The molecule has 0 spiro atoms. The van der Waals surface area contributed by atoms with E-state index in [-0.39, 0.29) is 6.61 Å². The summed E-state index contributed by atoms with van der Waals surface area (Å²) in [7, 11) is 0. The number of rotatable bonds is 4. The lowest BCUT2D eigenvalue weighted by atomic mass is 9.98. The van der Waals surface area contributed by atoms with Gasteiger partial charge in [0.25, 0.3) is 0 Å². The highest BCUT2D eigenvalue weighted by atomic mass is 16.7. The van der Waals surface area contributed by atoms with E-state index in [1.54, 1.807) is 6.08 Å². The largest absolute Gasteiger partial charge is 0.514 e. The highest BCUT2D eigenvalue weighted by Crippen LogP contribution is 2.25. The molecule has 0 saturated carbocycles. The van der Waals surface area contributed by atoms with Gasteiger partial charge in [-0.3, -0.25) is 0 Å². The smallest absolute Gasteiger partial charge is 0.430 e. The summed E-state index contributed by atoms with van der Waals surface area (Å²) in [5.74, 6) is 0.518. The Kier molecular flexibility index (Phi) is 5.37. The Labute approximate surface area is 114 Å². The van der Waals surface area contributed by atoms with Crippen LogP contribution in [0.1, 0.15) is 29.2 Å². The summed E-state index contributed by atoms with van der Waals surface area (Å²) in [6, 6.07) is 4.12. The molecule has 0 radical (unpaired) electrons. The van der Waals surface area contributed by atoms with E-state index in [4.69, 9.17) is 9.47 Å². The monoisotopic (exact) mass is 260 g/mol. The van der Waals surface area contributed by atoms with Crippen LogP contribution in [-0.2, 0) is 9.47 Å². The molecule has 0 fully saturated rings. The topological polar surface area (TPSA) is 35.5 Å². The van der Waals surface area contributed by atoms with Gasteiger partial charge in [0.05, 0.1) is 0 Å². The van der Waals surface area contributed by atoms with Crippen LogP contribution in [0.2, 0.25) is 0 Å². The summed E-state index contributed by atoms with van der Waals surface area (Å²) in [5.41, 5.74) is 4.26. The SMILES string of the molecule is C=CCOC(=O)O/C(=C\C)c1c(C)cc(C)cc1C. The molecule has 3 nitrogen and oxygen atoms in total.